The van der Waals surface area contributed by atoms with Crippen molar-refractivity contribution in [1.82, 2.24) is 14.8 Å². The molecule has 0 bridgehead atoms. The molecule has 0 radical (unpaired) electrons. The van der Waals surface area contributed by atoms with Gasteiger partial charge in [-0.2, -0.15) is 0 Å². The highest BCUT2D eigenvalue weighted by atomic mass is 79.9. The summed E-state index contributed by atoms with van der Waals surface area (Å²) in [7, 11) is 4.24. The van der Waals surface area contributed by atoms with Crippen molar-refractivity contribution < 1.29 is 0 Å². The van der Waals surface area contributed by atoms with Gasteiger partial charge < -0.3 is 4.90 Å². The van der Waals surface area contributed by atoms with Gasteiger partial charge in [0, 0.05) is 23.4 Å². The summed E-state index contributed by atoms with van der Waals surface area (Å²) in [4.78, 5) is 8.88. The normalized spacial score (nSPS) is 11.4. The fraction of sp³-hybridized carbons (Fsp3) is 0.615. The lowest BCUT2D eigenvalue weighted by Gasteiger charge is -2.21. The molecule has 3 nitrogen and oxygen atoms in total. The van der Waals surface area contributed by atoms with Crippen molar-refractivity contribution >= 4 is 15.9 Å². The molecule has 0 aromatic carbocycles. The molecule has 0 N–H and O–H groups in total. The predicted octanol–water partition coefficient (Wildman–Crippen LogP) is 2.62. The third kappa shape index (κ3) is 6.15. The van der Waals surface area contributed by atoms with Gasteiger partial charge in [-0.15, -0.1) is 0 Å². The average Bonchev–Trinajstić information content (AvgIpc) is 2.27. The standard InChI is InChI=1S/C13H22BrN3/c1-4-17(7-5-6-16(2)3)11-12-8-13(14)10-15-9-12/h8-10H,4-7,11H2,1-3H3. The largest absolute Gasteiger partial charge is 0.309 e. The first-order valence-electron chi connectivity index (χ1n) is 6.08. The van der Waals surface area contributed by atoms with Crippen LogP contribution in [0.2, 0.25) is 0 Å². The molecule has 4 heteroatoms. The lowest BCUT2D eigenvalue weighted by molar-refractivity contribution is 0.259. The van der Waals surface area contributed by atoms with E-state index in [4.69, 9.17) is 0 Å². The van der Waals surface area contributed by atoms with E-state index < -0.39 is 0 Å². The first kappa shape index (κ1) is 14.6. The van der Waals surface area contributed by atoms with Gasteiger partial charge in [-0.3, -0.25) is 9.88 Å². The van der Waals surface area contributed by atoms with E-state index >= 15 is 0 Å². The van der Waals surface area contributed by atoms with E-state index in [1.807, 2.05) is 12.4 Å². The third-order valence-corrected chi connectivity index (χ3v) is 3.13. The molecule has 0 aliphatic rings. The minimum absolute atomic E-state index is 0.983. The Morgan fingerprint density at radius 2 is 2.00 bits per heavy atom. The molecule has 0 unspecified atom stereocenters. The van der Waals surface area contributed by atoms with E-state index in [9.17, 15) is 0 Å². The molecule has 1 rings (SSSR count). The quantitative estimate of drug-likeness (QED) is 0.771. The van der Waals surface area contributed by atoms with E-state index in [0.717, 1.165) is 30.7 Å². The molecular formula is C13H22BrN3. The lowest BCUT2D eigenvalue weighted by atomic mass is 10.2. The van der Waals surface area contributed by atoms with Crippen molar-refractivity contribution in [2.24, 2.45) is 0 Å². The Bertz CT molecular complexity index is 328. The molecule has 1 heterocycles. The Kier molecular flexibility index (Phi) is 6.70. The molecular weight excluding hydrogens is 278 g/mol. The SMILES string of the molecule is CCN(CCCN(C)C)Cc1cncc(Br)c1. The van der Waals surface area contributed by atoms with E-state index in [0.29, 0.717) is 0 Å². The molecule has 0 aliphatic heterocycles. The van der Waals surface area contributed by atoms with Gasteiger partial charge in [0.15, 0.2) is 0 Å². The summed E-state index contributed by atoms with van der Waals surface area (Å²) < 4.78 is 1.05. The van der Waals surface area contributed by atoms with Crippen LogP contribution in [0.4, 0.5) is 0 Å². The predicted molar refractivity (Wildman–Crippen MR) is 76.1 cm³/mol. The molecule has 0 spiro atoms. The molecule has 0 saturated carbocycles. The molecule has 0 aliphatic carbocycles. The number of pyridine rings is 1. The van der Waals surface area contributed by atoms with Crippen molar-refractivity contribution in [2.75, 3.05) is 33.7 Å². The van der Waals surface area contributed by atoms with E-state index in [2.05, 4.69) is 57.8 Å². The first-order valence-corrected chi connectivity index (χ1v) is 6.87. The fourth-order valence-corrected chi connectivity index (χ4v) is 2.17. The van der Waals surface area contributed by atoms with Crippen LogP contribution in [0.25, 0.3) is 0 Å². The van der Waals surface area contributed by atoms with Crippen molar-refractivity contribution in [3.8, 4) is 0 Å². The van der Waals surface area contributed by atoms with Crippen LogP contribution in [0.15, 0.2) is 22.9 Å². The number of hydrogen-bond acceptors (Lipinski definition) is 3. The molecule has 1 aromatic rings. The molecule has 0 atom stereocenters. The Labute approximate surface area is 113 Å². The van der Waals surface area contributed by atoms with Gasteiger partial charge in [0.1, 0.15) is 0 Å². The number of aromatic nitrogens is 1. The second-order valence-electron chi connectivity index (χ2n) is 4.54. The smallest absolute Gasteiger partial charge is 0.0410 e. The molecule has 0 saturated heterocycles. The second-order valence-corrected chi connectivity index (χ2v) is 5.45. The monoisotopic (exact) mass is 299 g/mol. The molecule has 0 fully saturated rings. The summed E-state index contributed by atoms with van der Waals surface area (Å²) in [6, 6.07) is 2.14. The van der Waals surface area contributed by atoms with Gasteiger partial charge in [0.2, 0.25) is 0 Å². The highest BCUT2D eigenvalue weighted by Crippen LogP contribution is 2.11. The van der Waals surface area contributed by atoms with Crippen molar-refractivity contribution in [2.45, 2.75) is 19.9 Å². The number of halogens is 1. The Morgan fingerprint density at radius 1 is 1.24 bits per heavy atom. The van der Waals surface area contributed by atoms with Crippen molar-refractivity contribution in [1.29, 1.82) is 0 Å². The van der Waals surface area contributed by atoms with E-state index in [1.165, 1.54) is 12.0 Å². The maximum atomic E-state index is 4.20. The second kappa shape index (κ2) is 7.80. The molecule has 0 amide bonds. The zero-order valence-electron chi connectivity index (χ0n) is 11.0. The van der Waals surface area contributed by atoms with Crippen LogP contribution in [0.1, 0.15) is 18.9 Å². The summed E-state index contributed by atoms with van der Waals surface area (Å²) in [6.45, 7) is 6.56. The van der Waals surface area contributed by atoms with Crippen molar-refractivity contribution in [3.05, 3.63) is 28.5 Å². The van der Waals surface area contributed by atoms with Gasteiger partial charge in [-0.05, 0) is 67.7 Å². The highest BCUT2D eigenvalue weighted by Gasteiger charge is 2.04. The van der Waals surface area contributed by atoms with Crippen LogP contribution >= 0.6 is 15.9 Å². The molecule has 96 valence electrons. The van der Waals surface area contributed by atoms with Gasteiger partial charge >= 0.3 is 0 Å². The summed E-state index contributed by atoms with van der Waals surface area (Å²) in [5, 5.41) is 0. The summed E-state index contributed by atoms with van der Waals surface area (Å²) in [6.07, 6.45) is 4.98. The van der Waals surface area contributed by atoms with Crippen molar-refractivity contribution in [3.63, 3.8) is 0 Å². The lowest BCUT2D eigenvalue weighted by Crippen LogP contribution is -2.26. The summed E-state index contributed by atoms with van der Waals surface area (Å²) in [5.74, 6) is 0. The highest BCUT2D eigenvalue weighted by molar-refractivity contribution is 9.10. The van der Waals surface area contributed by atoms with Crippen LogP contribution < -0.4 is 0 Å². The number of nitrogens with zero attached hydrogens (tertiary/aromatic N) is 3. The van der Waals surface area contributed by atoms with Gasteiger partial charge in [0.05, 0.1) is 0 Å². The van der Waals surface area contributed by atoms with Crippen LogP contribution in [0, 0.1) is 0 Å². The maximum absolute atomic E-state index is 4.20. The topological polar surface area (TPSA) is 19.4 Å². The summed E-state index contributed by atoms with van der Waals surface area (Å²) >= 11 is 3.46. The fourth-order valence-electron chi connectivity index (χ4n) is 1.76. The molecule has 1 aromatic heterocycles. The Morgan fingerprint density at radius 3 is 2.59 bits per heavy atom. The minimum Gasteiger partial charge on any atom is -0.309 e. The average molecular weight is 300 g/mol. The zero-order valence-corrected chi connectivity index (χ0v) is 12.6. The van der Waals surface area contributed by atoms with Gasteiger partial charge in [0.25, 0.3) is 0 Å². The Balaban J connectivity index is 2.41. The number of hydrogen-bond donors (Lipinski definition) is 0. The Hall–Kier alpha value is -0.450. The first-order chi connectivity index (χ1) is 8.11. The van der Waals surface area contributed by atoms with Crippen LogP contribution in [-0.4, -0.2) is 48.5 Å². The third-order valence-electron chi connectivity index (χ3n) is 2.69. The van der Waals surface area contributed by atoms with Crippen LogP contribution in [0.5, 0.6) is 0 Å². The van der Waals surface area contributed by atoms with E-state index in [1.54, 1.807) is 0 Å². The summed E-state index contributed by atoms with van der Waals surface area (Å²) in [5.41, 5.74) is 1.27. The van der Waals surface area contributed by atoms with Crippen LogP contribution in [0.3, 0.4) is 0 Å². The number of rotatable bonds is 7. The van der Waals surface area contributed by atoms with Gasteiger partial charge in [-0.1, -0.05) is 6.92 Å². The van der Waals surface area contributed by atoms with Gasteiger partial charge in [-0.25, -0.2) is 0 Å². The minimum atomic E-state index is 0.983. The van der Waals surface area contributed by atoms with E-state index in [-0.39, 0.29) is 0 Å². The zero-order chi connectivity index (χ0) is 12.7. The molecule has 17 heavy (non-hydrogen) atoms. The maximum Gasteiger partial charge on any atom is 0.0410 e. The van der Waals surface area contributed by atoms with Crippen LogP contribution in [-0.2, 0) is 6.54 Å².